The summed E-state index contributed by atoms with van der Waals surface area (Å²) in [6, 6.07) is 12.2. The largest absolute Gasteiger partial charge is 0.346 e. The number of carbonyl (C=O) groups is 1. The van der Waals surface area contributed by atoms with Crippen LogP contribution in [0.1, 0.15) is 28.9 Å². The number of nitrogens with zero attached hydrogens (tertiary/aromatic N) is 1. The first-order chi connectivity index (χ1) is 12.4. The maximum Gasteiger partial charge on any atom is 0.251 e. The lowest BCUT2D eigenvalue weighted by molar-refractivity contribution is 0.0940. The Morgan fingerprint density at radius 1 is 1.00 bits per heavy atom. The first-order valence-corrected chi connectivity index (χ1v) is 11.8. The number of benzene rings is 2. The number of hydrogen-bond acceptors (Lipinski definition) is 5. The molecule has 1 amide bonds. The molecule has 0 saturated heterocycles. The van der Waals surface area contributed by atoms with E-state index in [1.165, 1.54) is 25.2 Å². The number of nitrogens with one attached hydrogen (secondary N) is 1. The Balaban J connectivity index is 2.17. The Morgan fingerprint density at radius 2 is 1.59 bits per heavy atom. The molecule has 2 aromatic rings. The number of amides is 1. The van der Waals surface area contributed by atoms with Crippen molar-refractivity contribution in [1.82, 2.24) is 5.32 Å². The van der Waals surface area contributed by atoms with Gasteiger partial charge < -0.3 is 5.32 Å². The highest BCUT2D eigenvalue weighted by atomic mass is 32.2. The minimum absolute atomic E-state index is 0.210. The van der Waals surface area contributed by atoms with E-state index in [1.54, 1.807) is 37.3 Å². The zero-order valence-electron chi connectivity index (χ0n) is 15.5. The minimum atomic E-state index is -3.43. The molecule has 0 fully saturated rings. The van der Waals surface area contributed by atoms with Gasteiger partial charge in [-0.25, -0.2) is 16.8 Å². The summed E-state index contributed by atoms with van der Waals surface area (Å²) in [6.45, 7) is 1.78. The van der Waals surface area contributed by atoms with E-state index in [2.05, 4.69) is 5.32 Å². The summed E-state index contributed by atoms with van der Waals surface area (Å²) >= 11 is 0. The molecular weight excluding hydrogens is 388 g/mol. The van der Waals surface area contributed by atoms with Crippen LogP contribution in [0.4, 0.5) is 5.69 Å². The van der Waals surface area contributed by atoms with Gasteiger partial charge in [-0.3, -0.25) is 9.10 Å². The molecule has 0 aliphatic rings. The lowest BCUT2D eigenvalue weighted by Gasteiger charge is -2.18. The van der Waals surface area contributed by atoms with Crippen LogP contribution >= 0.6 is 0 Å². The van der Waals surface area contributed by atoms with Crippen molar-refractivity contribution in [1.29, 1.82) is 0 Å². The first kappa shape index (κ1) is 20.9. The van der Waals surface area contributed by atoms with E-state index >= 15 is 0 Å². The van der Waals surface area contributed by atoms with Gasteiger partial charge in [0.05, 0.1) is 22.9 Å². The Hall–Kier alpha value is -2.39. The lowest BCUT2D eigenvalue weighted by atomic mass is 10.1. The van der Waals surface area contributed by atoms with Crippen molar-refractivity contribution < 1.29 is 21.6 Å². The van der Waals surface area contributed by atoms with E-state index in [-0.39, 0.29) is 16.8 Å². The average molecular weight is 411 g/mol. The van der Waals surface area contributed by atoms with Crippen LogP contribution in [-0.2, 0) is 19.9 Å². The van der Waals surface area contributed by atoms with E-state index in [4.69, 9.17) is 0 Å². The van der Waals surface area contributed by atoms with Crippen molar-refractivity contribution in [2.45, 2.75) is 17.9 Å². The van der Waals surface area contributed by atoms with Gasteiger partial charge in [0.2, 0.25) is 10.0 Å². The van der Waals surface area contributed by atoms with E-state index in [9.17, 15) is 21.6 Å². The molecule has 0 unspecified atom stereocenters. The van der Waals surface area contributed by atoms with Gasteiger partial charge in [0.25, 0.3) is 5.91 Å². The van der Waals surface area contributed by atoms with Crippen LogP contribution in [0.3, 0.4) is 0 Å². The molecule has 0 bridgehead atoms. The van der Waals surface area contributed by atoms with Crippen molar-refractivity contribution in [3.8, 4) is 0 Å². The molecule has 0 spiro atoms. The third-order valence-electron chi connectivity index (χ3n) is 4.13. The molecule has 2 aromatic carbocycles. The van der Waals surface area contributed by atoms with Crippen LogP contribution in [-0.4, -0.2) is 42.3 Å². The SMILES string of the molecule is C[C@H](NC(=O)c1cccc(N(C)S(C)(=O)=O)c1)c1ccc(S(C)(=O)=O)cc1. The molecular formula is C18H22N2O5S2. The second kappa shape index (κ2) is 7.69. The van der Waals surface area contributed by atoms with Crippen molar-refractivity contribution in [3.05, 3.63) is 59.7 Å². The summed E-state index contributed by atoms with van der Waals surface area (Å²) in [5, 5.41) is 2.82. The standard InChI is InChI=1S/C18H22N2O5S2/c1-13(14-8-10-17(11-9-14)26(3,22)23)19-18(21)15-6-5-7-16(12-15)20(2)27(4,24)25/h5-13H,1-4H3,(H,19,21)/t13-/m0/s1. The van der Waals surface area contributed by atoms with Crippen LogP contribution in [0.5, 0.6) is 0 Å². The molecule has 146 valence electrons. The summed E-state index contributed by atoms with van der Waals surface area (Å²) < 4.78 is 47.4. The van der Waals surface area contributed by atoms with Gasteiger partial charge in [0, 0.05) is 18.9 Å². The number of rotatable bonds is 6. The number of hydrogen-bond donors (Lipinski definition) is 1. The van der Waals surface area contributed by atoms with Crippen molar-refractivity contribution in [2.75, 3.05) is 23.9 Å². The number of sulfone groups is 1. The fourth-order valence-corrected chi connectivity index (χ4v) is 3.53. The third kappa shape index (κ3) is 5.30. The van der Waals surface area contributed by atoms with E-state index in [1.807, 2.05) is 0 Å². The predicted molar refractivity (Wildman–Crippen MR) is 105 cm³/mol. The minimum Gasteiger partial charge on any atom is -0.346 e. The molecule has 0 aliphatic heterocycles. The predicted octanol–water partition coefficient (Wildman–Crippen LogP) is 1.98. The fraction of sp³-hybridized carbons (Fsp3) is 0.278. The zero-order chi connectivity index (χ0) is 20.4. The first-order valence-electron chi connectivity index (χ1n) is 8.04. The number of anilines is 1. The van der Waals surface area contributed by atoms with E-state index in [0.29, 0.717) is 11.3 Å². The Kier molecular flexibility index (Phi) is 5.96. The monoisotopic (exact) mass is 410 g/mol. The van der Waals surface area contributed by atoms with Gasteiger partial charge in [0.15, 0.2) is 9.84 Å². The second-order valence-electron chi connectivity index (χ2n) is 6.32. The fourth-order valence-electron chi connectivity index (χ4n) is 2.40. The van der Waals surface area contributed by atoms with Gasteiger partial charge in [-0.1, -0.05) is 18.2 Å². The summed E-state index contributed by atoms with van der Waals surface area (Å²) in [7, 11) is -5.29. The molecule has 7 nitrogen and oxygen atoms in total. The topological polar surface area (TPSA) is 101 Å². The van der Waals surface area contributed by atoms with Crippen molar-refractivity contribution in [2.24, 2.45) is 0 Å². The molecule has 0 aromatic heterocycles. The Morgan fingerprint density at radius 3 is 2.11 bits per heavy atom. The Bertz CT molecular complexity index is 1050. The molecule has 1 N–H and O–H groups in total. The number of carbonyl (C=O) groups excluding carboxylic acids is 1. The molecule has 27 heavy (non-hydrogen) atoms. The second-order valence-corrected chi connectivity index (χ2v) is 10.3. The van der Waals surface area contributed by atoms with Crippen LogP contribution in [0, 0.1) is 0 Å². The average Bonchev–Trinajstić information content (AvgIpc) is 2.59. The molecule has 0 radical (unpaired) electrons. The molecule has 0 saturated carbocycles. The van der Waals surface area contributed by atoms with Gasteiger partial charge in [-0.15, -0.1) is 0 Å². The highest BCUT2D eigenvalue weighted by molar-refractivity contribution is 7.92. The number of sulfonamides is 1. The maximum atomic E-state index is 12.5. The summed E-state index contributed by atoms with van der Waals surface area (Å²) in [4.78, 5) is 12.7. The van der Waals surface area contributed by atoms with Crippen LogP contribution in [0.25, 0.3) is 0 Å². The molecule has 0 heterocycles. The highest BCUT2D eigenvalue weighted by Crippen LogP contribution is 2.19. The zero-order valence-corrected chi connectivity index (χ0v) is 17.1. The van der Waals surface area contributed by atoms with Crippen LogP contribution in [0.15, 0.2) is 53.4 Å². The van der Waals surface area contributed by atoms with Gasteiger partial charge in [-0.05, 0) is 42.8 Å². The van der Waals surface area contributed by atoms with E-state index < -0.39 is 19.9 Å². The molecule has 2 rings (SSSR count). The van der Waals surface area contributed by atoms with Crippen LogP contribution < -0.4 is 9.62 Å². The van der Waals surface area contributed by atoms with Crippen molar-refractivity contribution in [3.63, 3.8) is 0 Å². The van der Waals surface area contributed by atoms with Gasteiger partial charge >= 0.3 is 0 Å². The third-order valence-corrected chi connectivity index (χ3v) is 6.46. The van der Waals surface area contributed by atoms with Gasteiger partial charge in [-0.2, -0.15) is 0 Å². The maximum absolute atomic E-state index is 12.5. The Labute approximate surface area is 160 Å². The van der Waals surface area contributed by atoms with Crippen molar-refractivity contribution >= 4 is 31.5 Å². The summed E-state index contributed by atoms with van der Waals surface area (Å²) in [5.74, 6) is -0.363. The molecule has 9 heteroatoms. The quantitative estimate of drug-likeness (QED) is 0.785. The smallest absolute Gasteiger partial charge is 0.251 e. The lowest BCUT2D eigenvalue weighted by Crippen LogP contribution is -2.28. The summed E-state index contributed by atoms with van der Waals surface area (Å²) in [5.41, 5.74) is 1.46. The van der Waals surface area contributed by atoms with Gasteiger partial charge in [0.1, 0.15) is 0 Å². The van der Waals surface area contributed by atoms with Crippen LogP contribution in [0.2, 0.25) is 0 Å². The normalized spacial score (nSPS) is 13.0. The van der Waals surface area contributed by atoms with E-state index in [0.717, 1.165) is 22.4 Å². The molecule has 0 aliphatic carbocycles. The highest BCUT2D eigenvalue weighted by Gasteiger charge is 2.16. The summed E-state index contributed by atoms with van der Waals surface area (Å²) in [6.07, 6.45) is 2.22. The molecule has 1 atom stereocenters.